The molecule has 0 bridgehead atoms. The Morgan fingerprint density at radius 2 is 1.53 bits per heavy atom. The third-order valence-corrected chi connectivity index (χ3v) is 5.35. The highest BCUT2D eigenvalue weighted by atomic mass is 32.1. The summed E-state index contributed by atoms with van der Waals surface area (Å²) in [7, 11) is 0. The van der Waals surface area contributed by atoms with Gasteiger partial charge in [0.15, 0.2) is 5.11 Å². The van der Waals surface area contributed by atoms with Gasteiger partial charge in [-0.1, -0.05) is 56.3 Å². The minimum atomic E-state index is -0.180. The molecule has 3 aromatic rings. The second kappa shape index (κ2) is 11.4. The van der Waals surface area contributed by atoms with Crippen LogP contribution in [0.25, 0.3) is 10.8 Å². The van der Waals surface area contributed by atoms with Gasteiger partial charge >= 0.3 is 0 Å². The second-order valence-corrected chi connectivity index (χ2v) is 8.10. The Kier molecular flexibility index (Phi) is 8.34. The van der Waals surface area contributed by atoms with Crippen molar-refractivity contribution < 1.29 is 9.59 Å². The highest BCUT2D eigenvalue weighted by molar-refractivity contribution is 7.80. The standard InChI is InChI=1S/C26H29N3O2S/c1-3-16-29(17-4-2)25(31)20-12-14-22(15-13-20)27-26(32)28-24(30)18-21-10-7-9-19-8-5-6-11-23(19)21/h5-15H,3-4,16-18H2,1-2H3,(H2,27,28,30,32). The second-order valence-electron chi connectivity index (χ2n) is 7.69. The third-order valence-electron chi connectivity index (χ3n) is 5.15. The number of nitrogens with one attached hydrogen (secondary N) is 2. The molecule has 3 rings (SSSR count). The average Bonchev–Trinajstić information content (AvgIpc) is 2.79. The van der Waals surface area contributed by atoms with E-state index in [0.29, 0.717) is 5.56 Å². The van der Waals surface area contributed by atoms with E-state index in [1.807, 2.05) is 47.4 Å². The summed E-state index contributed by atoms with van der Waals surface area (Å²) in [6.45, 7) is 5.63. The first-order chi connectivity index (χ1) is 15.5. The van der Waals surface area contributed by atoms with Gasteiger partial charge in [0.2, 0.25) is 5.91 Å². The van der Waals surface area contributed by atoms with E-state index < -0.39 is 0 Å². The summed E-state index contributed by atoms with van der Waals surface area (Å²) in [6.07, 6.45) is 2.09. The van der Waals surface area contributed by atoms with Crippen molar-refractivity contribution in [1.82, 2.24) is 10.2 Å². The minimum Gasteiger partial charge on any atom is -0.339 e. The molecule has 0 unspecified atom stereocenters. The molecule has 3 aromatic carbocycles. The Morgan fingerprint density at radius 3 is 2.22 bits per heavy atom. The Bertz CT molecular complexity index is 1080. The lowest BCUT2D eigenvalue weighted by molar-refractivity contribution is -0.119. The fraction of sp³-hybridized carbons (Fsp3) is 0.269. The molecule has 0 saturated carbocycles. The SMILES string of the molecule is CCCN(CCC)C(=O)c1ccc(NC(=S)NC(=O)Cc2cccc3ccccc23)cc1. The minimum absolute atomic E-state index is 0.0335. The fourth-order valence-electron chi connectivity index (χ4n) is 3.69. The molecule has 0 aliphatic carbocycles. The normalized spacial score (nSPS) is 10.6. The smallest absolute Gasteiger partial charge is 0.253 e. The van der Waals surface area contributed by atoms with Gasteiger partial charge < -0.3 is 15.5 Å². The molecule has 5 nitrogen and oxygen atoms in total. The van der Waals surface area contributed by atoms with E-state index in [1.165, 1.54) is 0 Å². The molecule has 166 valence electrons. The molecular weight excluding hydrogens is 418 g/mol. The van der Waals surface area contributed by atoms with Gasteiger partial charge in [-0.05, 0) is 65.7 Å². The fourth-order valence-corrected chi connectivity index (χ4v) is 3.92. The Morgan fingerprint density at radius 1 is 0.875 bits per heavy atom. The molecule has 2 amide bonds. The van der Waals surface area contributed by atoms with Gasteiger partial charge in [-0.25, -0.2) is 0 Å². The van der Waals surface area contributed by atoms with Crippen LogP contribution in [0.3, 0.4) is 0 Å². The van der Waals surface area contributed by atoms with E-state index in [2.05, 4.69) is 24.5 Å². The maximum absolute atomic E-state index is 12.7. The maximum atomic E-state index is 12.7. The van der Waals surface area contributed by atoms with Crippen molar-refractivity contribution in [2.75, 3.05) is 18.4 Å². The van der Waals surface area contributed by atoms with Crippen LogP contribution < -0.4 is 10.6 Å². The first kappa shape index (κ1) is 23.4. The number of benzene rings is 3. The molecule has 0 aromatic heterocycles. The van der Waals surface area contributed by atoms with Crippen LogP contribution in [-0.2, 0) is 11.2 Å². The van der Waals surface area contributed by atoms with E-state index in [0.717, 1.165) is 48.0 Å². The molecule has 6 heteroatoms. The topological polar surface area (TPSA) is 61.4 Å². The van der Waals surface area contributed by atoms with Crippen LogP contribution in [0.4, 0.5) is 5.69 Å². The Hall–Kier alpha value is -3.25. The van der Waals surface area contributed by atoms with E-state index in [1.54, 1.807) is 24.3 Å². The van der Waals surface area contributed by atoms with Crippen molar-refractivity contribution in [1.29, 1.82) is 0 Å². The molecule has 0 aliphatic rings. The Balaban J connectivity index is 1.57. The average molecular weight is 448 g/mol. The summed E-state index contributed by atoms with van der Waals surface area (Å²) in [4.78, 5) is 27.1. The molecule has 2 N–H and O–H groups in total. The lowest BCUT2D eigenvalue weighted by Gasteiger charge is -2.21. The zero-order chi connectivity index (χ0) is 22.9. The highest BCUT2D eigenvalue weighted by Gasteiger charge is 2.14. The van der Waals surface area contributed by atoms with E-state index in [4.69, 9.17) is 12.2 Å². The van der Waals surface area contributed by atoms with Crippen LogP contribution >= 0.6 is 12.2 Å². The molecule has 0 heterocycles. The summed E-state index contributed by atoms with van der Waals surface area (Å²) < 4.78 is 0. The lowest BCUT2D eigenvalue weighted by atomic mass is 10.0. The van der Waals surface area contributed by atoms with Crippen molar-refractivity contribution in [3.63, 3.8) is 0 Å². The van der Waals surface area contributed by atoms with E-state index in [9.17, 15) is 9.59 Å². The number of rotatable bonds is 8. The Labute approximate surface area is 194 Å². The van der Waals surface area contributed by atoms with Gasteiger partial charge in [-0.2, -0.15) is 0 Å². The number of carbonyl (C=O) groups is 2. The molecule has 0 spiro atoms. The lowest BCUT2D eigenvalue weighted by Crippen LogP contribution is -2.35. The van der Waals surface area contributed by atoms with Gasteiger partial charge in [-0.15, -0.1) is 0 Å². The number of nitrogens with zero attached hydrogens (tertiary/aromatic N) is 1. The maximum Gasteiger partial charge on any atom is 0.253 e. The third kappa shape index (κ3) is 6.14. The summed E-state index contributed by atoms with van der Waals surface area (Å²) >= 11 is 5.30. The summed E-state index contributed by atoms with van der Waals surface area (Å²) in [5.41, 5.74) is 2.31. The van der Waals surface area contributed by atoms with Crippen molar-refractivity contribution in [3.8, 4) is 0 Å². The highest BCUT2D eigenvalue weighted by Crippen LogP contribution is 2.19. The molecule has 0 fully saturated rings. The van der Waals surface area contributed by atoms with Crippen LogP contribution in [0.15, 0.2) is 66.7 Å². The molecule has 0 saturated heterocycles. The van der Waals surface area contributed by atoms with Crippen molar-refractivity contribution in [2.24, 2.45) is 0 Å². The van der Waals surface area contributed by atoms with Crippen molar-refractivity contribution in [3.05, 3.63) is 77.9 Å². The van der Waals surface area contributed by atoms with Gasteiger partial charge in [0.25, 0.3) is 5.91 Å². The number of amides is 2. The number of anilines is 1. The molecule has 0 radical (unpaired) electrons. The number of carbonyl (C=O) groups excluding carboxylic acids is 2. The van der Waals surface area contributed by atoms with E-state index >= 15 is 0 Å². The van der Waals surface area contributed by atoms with Gasteiger partial charge in [0, 0.05) is 24.3 Å². The van der Waals surface area contributed by atoms with Crippen LogP contribution in [-0.4, -0.2) is 34.9 Å². The zero-order valence-corrected chi connectivity index (χ0v) is 19.4. The number of hydrogen-bond acceptors (Lipinski definition) is 3. The zero-order valence-electron chi connectivity index (χ0n) is 18.6. The van der Waals surface area contributed by atoms with Crippen LogP contribution in [0.1, 0.15) is 42.6 Å². The van der Waals surface area contributed by atoms with E-state index in [-0.39, 0.29) is 23.3 Å². The van der Waals surface area contributed by atoms with Crippen molar-refractivity contribution in [2.45, 2.75) is 33.1 Å². The first-order valence-corrected chi connectivity index (χ1v) is 11.4. The van der Waals surface area contributed by atoms with Crippen LogP contribution in [0.2, 0.25) is 0 Å². The van der Waals surface area contributed by atoms with Gasteiger partial charge in [0.05, 0.1) is 6.42 Å². The number of fused-ring (bicyclic) bond motifs is 1. The predicted octanol–water partition coefficient (Wildman–Crippen LogP) is 5.16. The largest absolute Gasteiger partial charge is 0.339 e. The van der Waals surface area contributed by atoms with Crippen LogP contribution in [0, 0.1) is 0 Å². The van der Waals surface area contributed by atoms with Gasteiger partial charge in [-0.3, -0.25) is 9.59 Å². The summed E-state index contributed by atoms with van der Waals surface area (Å²) in [5, 5.41) is 8.14. The molecule has 0 atom stereocenters. The molecular formula is C26H29N3O2S. The van der Waals surface area contributed by atoms with Crippen LogP contribution in [0.5, 0.6) is 0 Å². The van der Waals surface area contributed by atoms with Crippen molar-refractivity contribution >= 4 is 45.6 Å². The molecule has 0 aliphatic heterocycles. The number of thiocarbonyl (C=S) groups is 1. The molecule has 32 heavy (non-hydrogen) atoms. The number of hydrogen-bond donors (Lipinski definition) is 2. The quantitative estimate of drug-likeness (QED) is 0.469. The predicted molar refractivity (Wildman–Crippen MR) is 135 cm³/mol. The summed E-state index contributed by atoms with van der Waals surface area (Å²) in [5.74, 6) is -0.147. The summed E-state index contributed by atoms with van der Waals surface area (Å²) in [6, 6.07) is 21.1. The first-order valence-electron chi connectivity index (χ1n) is 11.0. The monoisotopic (exact) mass is 447 g/mol. The van der Waals surface area contributed by atoms with Gasteiger partial charge in [0.1, 0.15) is 0 Å².